The van der Waals surface area contributed by atoms with Crippen LogP contribution < -0.4 is 5.32 Å². The molecule has 1 aliphatic heterocycles. The van der Waals surface area contributed by atoms with Gasteiger partial charge in [-0.05, 0) is 47.7 Å². The first-order valence-corrected chi connectivity index (χ1v) is 7.83. The van der Waals surface area contributed by atoms with Crippen LogP contribution in [0.25, 0.3) is 0 Å². The van der Waals surface area contributed by atoms with E-state index in [0.29, 0.717) is 17.4 Å². The first-order valence-electron chi connectivity index (χ1n) is 7.83. The van der Waals surface area contributed by atoms with Gasteiger partial charge in [-0.1, -0.05) is 18.2 Å². The minimum atomic E-state index is -0.291. The standard InChI is InChI=1S/C19H18N2O2/c1-23-19(22)12-7-8-17-16(10-12)14-5-2-6-15(14)18(21-17)13-4-3-9-20-11-13/h2-5,7-11,14-15,18,21H,6H2,1H3. The van der Waals surface area contributed by atoms with Gasteiger partial charge < -0.3 is 10.1 Å². The lowest BCUT2D eigenvalue weighted by Gasteiger charge is -2.37. The van der Waals surface area contributed by atoms with Gasteiger partial charge in [0, 0.05) is 24.0 Å². The maximum atomic E-state index is 11.8. The molecule has 4 heteroatoms. The molecule has 0 radical (unpaired) electrons. The first-order chi connectivity index (χ1) is 11.3. The van der Waals surface area contributed by atoms with Gasteiger partial charge in [0.15, 0.2) is 0 Å². The third-order valence-electron chi connectivity index (χ3n) is 4.83. The molecule has 0 fully saturated rings. The quantitative estimate of drug-likeness (QED) is 0.679. The van der Waals surface area contributed by atoms with Crippen molar-refractivity contribution >= 4 is 11.7 Å². The molecule has 23 heavy (non-hydrogen) atoms. The Kier molecular flexibility index (Phi) is 3.37. The highest BCUT2D eigenvalue weighted by atomic mass is 16.5. The van der Waals surface area contributed by atoms with E-state index in [0.717, 1.165) is 12.1 Å². The van der Waals surface area contributed by atoms with Gasteiger partial charge in [0.1, 0.15) is 0 Å². The molecule has 1 N–H and O–H groups in total. The van der Waals surface area contributed by atoms with Gasteiger partial charge in [0.25, 0.3) is 0 Å². The van der Waals surface area contributed by atoms with Crippen LogP contribution in [0.15, 0.2) is 54.9 Å². The number of rotatable bonds is 2. The number of benzene rings is 1. The van der Waals surface area contributed by atoms with Crippen molar-refractivity contribution in [2.24, 2.45) is 5.92 Å². The van der Waals surface area contributed by atoms with E-state index in [-0.39, 0.29) is 12.0 Å². The van der Waals surface area contributed by atoms with E-state index in [1.165, 1.54) is 18.2 Å². The third-order valence-corrected chi connectivity index (χ3v) is 4.83. The van der Waals surface area contributed by atoms with Crippen molar-refractivity contribution in [3.05, 3.63) is 71.6 Å². The minimum Gasteiger partial charge on any atom is -0.465 e. The average molecular weight is 306 g/mol. The van der Waals surface area contributed by atoms with Crippen molar-refractivity contribution in [2.75, 3.05) is 12.4 Å². The molecule has 2 aliphatic rings. The van der Waals surface area contributed by atoms with Crippen molar-refractivity contribution in [3.63, 3.8) is 0 Å². The Morgan fingerprint density at radius 3 is 3.04 bits per heavy atom. The van der Waals surface area contributed by atoms with Crippen LogP contribution in [0.3, 0.4) is 0 Å². The molecule has 0 amide bonds. The van der Waals surface area contributed by atoms with E-state index in [4.69, 9.17) is 4.74 Å². The summed E-state index contributed by atoms with van der Waals surface area (Å²) in [4.78, 5) is 16.1. The minimum absolute atomic E-state index is 0.236. The molecule has 4 rings (SSSR count). The molecular formula is C19H18N2O2. The molecule has 4 nitrogen and oxygen atoms in total. The Balaban J connectivity index is 1.76. The van der Waals surface area contributed by atoms with Gasteiger partial charge in [-0.2, -0.15) is 0 Å². The average Bonchev–Trinajstić information content (AvgIpc) is 3.10. The fourth-order valence-corrected chi connectivity index (χ4v) is 3.73. The number of aromatic nitrogens is 1. The number of nitrogens with one attached hydrogen (secondary N) is 1. The van der Waals surface area contributed by atoms with Crippen LogP contribution >= 0.6 is 0 Å². The second-order valence-corrected chi connectivity index (χ2v) is 6.06. The number of anilines is 1. The zero-order chi connectivity index (χ0) is 15.8. The van der Waals surface area contributed by atoms with Crippen LogP contribution in [-0.4, -0.2) is 18.1 Å². The Labute approximate surface area is 135 Å². The number of esters is 1. The Morgan fingerprint density at radius 2 is 2.26 bits per heavy atom. The van der Waals surface area contributed by atoms with Gasteiger partial charge in [-0.25, -0.2) is 4.79 Å². The third kappa shape index (κ3) is 2.31. The van der Waals surface area contributed by atoms with Gasteiger partial charge >= 0.3 is 5.97 Å². The fourth-order valence-electron chi connectivity index (χ4n) is 3.73. The van der Waals surface area contributed by atoms with E-state index in [2.05, 4.69) is 28.5 Å². The second kappa shape index (κ2) is 5.54. The molecule has 0 saturated heterocycles. The summed E-state index contributed by atoms with van der Waals surface area (Å²) >= 11 is 0. The molecular weight excluding hydrogens is 288 g/mol. The highest BCUT2D eigenvalue weighted by molar-refractivity contribution is 5.90. The van der Waals surface area contributed by atoms with Gasteiger partial charge in [0.05, 0.1) is 18.7 Å². The highest BCUT2D eigenvalue weighted by Crippen LogP contribution is 2.49. The van der Waals surface area contributed by atoms with Gasteiger partial charge in [0.2, 0.25) is 0 Å². The van der Waals surface area contributed by atoms with Crippen LogP contribution in [0, 0.1) is 5.92 Å². The number of pyridine rings is 1. The summed E-state index contributed by atoms with van der Waals surface area (Å²) in [6, 6.07) is 10.1. The lowest BCUT2D eigenvalue weighted by Crippen LogP contribution is -2.29. The Hall–Kier alpha value is -2.62. The van der Waals surface area contributed by atoms with Crippen LogP contribution in [0.5, 0.6) is 0 Å². The topological polar surface area (TPSA) is 51.2 Å². The van der Waals surface area contributed by atoms with E-state index in [1.54, 1.807) is 6.20 Å². The zero-order valence-corrected chi connectivity index (χ0v) is 12.9. The number of fused-ring (bicyclic) bond motifs is 3. The molecule has 1 aromatic carbocycles. The summed E-state index contributed by atoms with van der Waals surface area (Å²) < 4.78 is 4.84. The summed E-state index contributed by atoms with van der Waals surface area (Å²) in [7, 11) is 1.41. The number of ether oxygens (including phenoxy) is 1. The van der Waals surface area contributed by atoms with Gasteiger partial charge in [-0.15, -0.1) is 0 Å². The summed E-state index contributed by atoms with van der Waals surface area (Å²) in [5, 5.41) is 3.64. The first kappa shape index (κ1) is 14.0. The SMILES string of the molecule is COC(=O)c1ccc2c(c1)C1C=CCC1C(c1cccnc1)N2. The van der Waals surface area contributed by atoms with Crippen LogP contribution in [0.4, 0.5) is 5.69 Å². The van der Waals surface area contributed by atoms with Crippen molar-refractivity contribution in [1.82, 2.24) is 4.98 Å². The number of hydrogen-bond acceptors (Lipinski definition) is 4. The molecule has 1 aliphatic carbocycles. The fraction of sp³-hybridized carbons (Fsp3) is 0.263. The summed E-state index contributed by atoms with van der Waals surface area (Å²) in [6.45, 7) is 0. The van der Waals surface area contributed by atoms with Crippen LogP contribution in [-0.2, 0) is 4.74 Å². The predicted molar refractivity (Wildman–Crippen MR) is 88.4 cm³/mol. The molecule has 1 aromatic heterocycles. The van der Waals surface area contributed by atoms with Crippen molar-refractivity contribution < 1.29 is 9.53 Å². The summed E-state index contributed by atoms with van der Waals surface area (Å²) in [5.41, 5.74) is 4.06. The number of nitrogens with zero attached hydrogens (tertiary/aromatic N) is 1. The molecule has 0 spiro atoms. The number of carbonyl (C=O) groups excluding carboxylic acids is 1. The number of methoxy groups -OCH3 is 1. The smallest absolute Gasteiger partial charge is 0.337 e. The van der Waals surface area contributed by atoms with Crippen molar-refractivity contribution in [3.8, 4) is 0 Å². The van der Waals surface area contributed by atoms with Crippen molar-refractivity contribution in [1.29, 1.82) is 0 Å². The van der Waals surface area contributed by atoms with E-state index in [1.807, 2.05) is 30.5 Å². The molecule has 0 saturated carbocycles. The molecule has 3 atom stereocenters. The molecule has 2 heterocycles. The number of carbonyl (C=O) groups is 1. The van der Waals surface area contributed by atoms with E-state index in [9.17, 15) is 4.79 Å². The van der Waals surface area contributed by atoms with Crippen molar-refractivity contribution in [2.45, 2.75) is 18.4 Å². The molecule has 0 bridgehead atoms. The summed E-state index contributed by atoms with van der Waals surface area (Å²) in [5.74, 6) is 0.473. The second-order valence-electron chi connectivity index (χ2n) is 6.06. The van der Waals surface area contributed by atoms with E-state index < -0.39 is 0 Å². The Morgan fingerprint density at radius 1 is 1.35 bits per heavy atom. The molecule has 2 aromatic rings. The highest BCUT2D eigenvalue weighted by Gasteiger charge is 2.38. The molecule has 116 valence electrons. The monoisotopic (exact) mass is 306 g/mol. The number of hydrogen-bond donors (Lipinski definition) is 1. The predicted octanol–water partition coefficient (Wildman–Crippen LogP) is 3.69. The van der Waals surface area contributed by atoms with E-state index >= 15 is 0 Å². The van der Waals surface area contributed by atoms with Gasteiger partial charge in [-0.3, -0.25) is 4.98 Å². The Bertz CT molecular complexity index is 770. The largest absolute Gasteiger partial charge is 0.465 e. The maximum absolute atomic E-state index is 11.8. The lowest BCUT2D eigenvalue weighted by atomic mass is 9.77. The van der Waals surface area contributed by atoms with Crippen LogP contribution in [0.1, 0.15) is 39.9 Å². The van der Waals surface area contributed by atoms with Crippen LogP contribution in [0.2, 0.25) is 0 Å². The molecule has 3 unspecified atom stereocenters. The number of allylic oxidation sites excluding steroid dienone is 2. The summed E-state index contributed by atoms with van der Waals surface area (Å²) in [6.07, 6.45) is 9.25. The normalized spacial score (nSPS) is 24.5. The lowest BCUT2D eigenvalue weighted by molar-refractivity contribution is 0.0600. The maximum Gasteiger partial charge on any atom is 0.337 e. The zero-order valence-electron chi connectivity index (χ0n) is 12.9.